The number of rotatable bonds is 78. The number of phosphoric acid groups is 1. The molecule has 2 atom stereocenters. The van der Waals surface area contributed by atoms with Gasteiger partial charge in [-0.05, 0) is 51.4 Å². The highest BCUT2D eigenvalue weighted by Crippen LogP contribution is 2.43. The molecule has 91 heavy (non-hydrogen) atoms. The molecule has 9 nitrogen and oxygen atoms in total. The number of unbranched alkanes of at least 4 members (excludes halogenated alkanes) is 59. The summed E-state index contributed by atoms with van der Waals surface area (Å²) < 4.78 is 33.3. The van der Waals surface area contributed by atoms with Gasteiger partial charge in [0.15, 0.2) is 6.10 Å². The predicted octanol–water partition coefficient (Wildman–Crippen LogP) is 27.0. The van der Waals surface area contributed by atoms with Crippen LogP contribution < -0.4 is 5.73 Å². The van der Waals surface area contributed by atoms with Crippen molar-refractivity contribution >= 4 is 19.8 Å². The molecule has 3 N–H and O–H groups in total. The number of hydrogen-bond acceptors (Lipinski definition) is 8. The van der Waals surface area contributed by atoms with Crippen molar-refractivity contribution in [1.29, 1.82) is 0 Å². The van der Waals surface area contributed by atoms with Gasteiger partial charge >= 0.3 is 19.8 Å². The van der Waals surface area contributed by atoms with E-state index >= 15 is 0 Å². The van der Waals surface area contributed by atoms with Crippen LogP contribution in [0.4, 0.5) is 0 Å². The van der Waals surface area contributed by atoms with Gasteiger partial charge in [0.05, 0.1) is 13.2 Å². The fourth-order valence-electron chi connectivity index (χ4n) is 12.5. The minimum atomic E-state index is -4.39. The second-order valence-electron chi connectivity index (χ2n) is 27.7. The first kappa shape index (κ1) is 89.2. The minimum Gasteiger partial charge on any atom is -0.462 e. The van der Waals surface area contributed by atoms with E-state index in [9.17, 15) is 19.0 Å². The highest BCUT2D eigenvalue weighted by molar-refractivity contribution is 7.47. The molecule has 0 spiro atoms. The van der Waals surface area contributed by atoms with Gasteiger partial charge in [0, 0.05) is 19.4 Å². The molecule has 0 amide bonds. The molecule has 0 saturated carbocycles. The molecule has 10 heteroatoms. The molecule has 538 valence electrons. The number of hydrogen-bond donors (Lipinski definition) is 2. The van der Waals surface area contributed by atoms with Crippen molar-refractivity contribution in [1.82, 2.24) is 0 Å². The largest absolute Gasteiger partial charge is 0.472 e. The van der Waals surface area contributed by atoms with Gasteiger partial charge < -0.3 is 20.1 Å². The molecule has 0 heterocycles. The Bertz CT molecular complexity index is 1590. The predicted molar refractivity (Wildman–Crippen MR) is 395 cm³/mol. The van der Waals surface area contributed by atoms with Gasteiger partial charge in [-0.2, -0.15) is 0 Å². The Kier molecular flexibility index (Phi) is 75.7. The van der Waals surface area contributed by atoms with Crippen LogP contribution in [0.1, 0.15) is 438 Å². The molecule has 0 fully saturated rings. The quantitative estimate of drug-likeness (QED) is 0.0264. The van der Waals surface area contributed by atoms with Gasteiger partial charge in [0.2, 0.25) is 0 Å². The molecule has 0 aromatic rings. The summed E-state index contributed by atoms with van der Waals surface area (Å²) in [5.41, 5.74) is 5.41. The van der Waals surface area contributed by atoms with E-state index in [1.807, 2.05) is 0 Å². The zero-order valence-corrected chi connectivity index (χ0v) is 61.8. The van der Waals surface area contributed by atoms with Crippen LogP contribution >= 0.6 is 7.82 Å². The van der Waals surface area contributed by atoms with E-state index in [2.05, 4.69) is 50.3 Å². The Balaban J connectivity index is 3.72. The first-order valence-corrected chi connectivity index (χ1v) is 42.0. The third-order valence-electron chi connectivity index (χ3n) is 18.5. The SMILES string of the molecule is CCCCCCC/C=C\C/C=C\C/C=C\CCCCCCCCCCCCCCCCC(=O)OC(COC(=O)CCCCCCCCCCCCCCCCCCCCCCCCCCCCCCCCCCCCCCCCCCC)COP(=O)(O)OCCN. The average molecular weight is 1300 g/mol. The second kappa shape index (κ2) is 77.2. The van der Waals surface area contributed by atoms with Crippen LogP contribution in [-0.4, -0.2) is 49.3 Å². The van der Waals surface area contributed by atoms with Crippen molar-refractivity contribution in [2.75, 3.05) is 26.4 Å². The lowest BCUT2D eigenvalue weighted by Crippen LogP contribution is -2.29. The summed E-state index contributed by atoms with van der Waals surface area (Å²) in [4.78, 5) is 35.4. The van der Waals surface area contributed by atoms with Crippen molar-refractivity contribution in [3.8, 4) is 0 Å². The molecule has 2 unspecified atom stereocenters. The van der Waals surface area contributed by atoms with E-state index in [0.717, 1.165) is 51.4 Å². The van der Waals surface area contributed by atoms with E-state index in [-0.39, 0.29) is 38.6 Å². The van der Waals surface area contributed by atoms with E-state index in [1.165, 1.54) is 353 Å². The van der Waals surface area contributed by atoms with Gasteiger partial charge in [0.25, 0.3) is 0 Å². The van der Waals surface area contributed by atoms with Crippen molar-refractivity contribution in [2.24, 2.45) is 5.73 Å². The summed E-state index contributed by atoms with van der Waals surface area (Å²) in [7, 11) is -4.39. The van der Waals surface area contributed by atoms with Crippen molar-refractivity contribution < 1.29 is 37.6 Å². The van der Waals surface area contributed by atoms with Crippen LogP contribution in [0, 0.1) is 0 Å². The number of allylic oxidation sites excluding steroid dienone is 6. The maximum absolute atomic E-state index is 12.8. The first-order chi connectivity index (χ1) is 44.8. The number of nitrogens with two attached hydrogens (primary N) is 1. The Morgan fingerprint density at radius 1 is 0.330 bits per heavy atom. The summed E-state index contributed by atoms with van der Waals surface area (Å²) in [6.07, 6.45) is 98.7. The van der Waals surface area contributed by atoms with Crippen LogP contribution in [0.5, 0.6) is 0 Å². The first-order valence-electron chi connectivity index (χ1n) is 40.5. The summed E-state index contributed by atoms with van der Waals surface area (Å²) >= 11 is 0. The topological polar surface area (TPSA) is 134 Å². The van der Waals surface area contributed by atoms with Crippen LogP contribution in [0.15, 0.2) is 36.5 Å². The summed E-state index contributed by atoms with van der Waals surface area (Å²) in [5.74, 6) is -0.805. The van der Waals surface area contributed by atoms with Crippen molar-refractivity contribution in [3.05, 3.63) is 36.5 Å². The molecule has 0 radical (unpaired) electrons. The molecule has 0 aromatic heterocycles. The fourth-order valence-corrected chi connectivity index (χ4v) is 13.3. The number of carbonyl (C=O) groups is 2. The smallest absolute Gasteiger partial charge is 0.462 e. The average Bonchev–Trinajstić information content (AvgIpc) is 3.68. The molecular formula is C81H156NO8P. The highest BCUT2D eigenvalue weighted by Gasteiger charge is 2.26. The van der Waals surface area contributed by atoms with Crippen LogP contribution in [0.3, 0.4) is 0 Å². The van der Waals surface area contributed by atoms with E-state index < -0.39 is 26.5 Å². The molecule has 0 rings (SSSR count). The van der Waals surface area contributed by atoms with Gasteiger partial charge in [-0.3, -0.25) is 18.6 Å². The highest BCUT2D eigenvalue weighted by atomic mass is 31.2. The van der Waals surface area contributed by atoms with Crippen LogP contribution in [-0.2, 0) is 32.7 Å². The zero-order valence-electron chi connectivity index (χ0n) is 60.9. The molecule has 0 aliphatic rings. The number of phosphoric ester groups is 1. The van der Waals surface area contributed by atoms with Gasteiger partial charge in [-0.1, -0.05) is 410 Å². The van der Waals surface area contributed by atoms with Crippen molar-refractivity contribution in [3.63, 3.8) is 0 Å². The van der Waals surface area contributed by atoms with E-state index in [4.69, 9.17) is 24.3 Å². The molecule has 0 saturated heterocycles. The molecular weight excluding hydrogens is 1150 g/mol. The number of esters is 2. The normalized spacial score (nSPS) is 13.0. The lowest BCUT2D eigenvalue weighted by atomic mass is 10.0. The van der Waals surface area contributed by atoms with E-state index in [1.54, 1.807) is 0 Å². The lowest BCUT2D eigenvalue weighted by Gasteiger charge is -2.19. The standard InChI is InChI=1S/C81H156NO8P/c1-3-5-7-9-11-13-15-17-19-21-23-25-27-29-31-33-34-35-36-37-38-39-40-41-42-43-44-46-47-49-51-53-55-57-59-61-63-65-67-69-71-73-80(83)87-77-79(78-89-91(85,86)88-76-75-82)90-81(84)74-72-70-68-66-64-62-60-58-56-54-52-50-48-45-32-30-28-26-24-22-20-18-16-14-12-10-8-6-4-2/h16,18,22,24,28,30,79H,3-15,17,19-21,23,25-27,29,31-78,82H2,1-2H3,(H,85,86)/b18-16-,24-22-,30-28-. The number of carbonyl (C=O) groups excluding carboxylic acids is 2. The maximum atomic E-state index is 12.8. The molecule has 0 aliphatic heterocycles. The Hall–Kier alpha value is -1.77. The third kappa shape index (κ3) is 77.1. The number of ether oxygens (including phenoxy) is 2. The Labute approximate surface area is 566 Å². The summed E-state index contributed by atoms with van der Waals surface area (Å²) in [5, 5.41) is 0. The monoisotopic (exact) mass is 1300 g/mol. The Morgan fingerprint density at radius 3 is 0.846 bits per heavy atom. The van der Waals surface area contributed by atoms with Gasteiger partial charge in [0.1, 0.15) is 6.61 Å². The molecule has 0 bridgehead atoms. The van der Waals surface area contributed by atoms with Gasteiger partial charge in [-0.25, -0.2) is 4.57 Å². The molecule has 0 aliphatic carbocycles. The summed E-state index contributed by atoms with van der Waals surface area (Å²) in [6, 6.07) is 0. The van der Waals surface area contributed by atoms with Crippen molar-refractivity contribution in [2.45, 2.75) is 444 Å². The third-order valence-corrected chi connectivity index (χ3v) is 19.5. The Morgan fingerprint density at radius 2 is 0.571 bits per heavy atom. The fraction of sp³-hybridized carbons (Fsp3) is 0.901. The second-order valence-corrected chi connectivity index (χ2v) is 29.1. The van der Waals surface area contributed by atoms with E-state index in [0.29, 0.717) is 6.42 Å². The summed E-state index contributed by atoms with van der Waals surface area (Å²) in [6.45, 7) is 3.82. The lowest BCUT2D eigenvalue weighted by molar-refractivity contribution is -0.161. The van der Waals surface area contributed by atoms with Gasteiger partial charge in [-0.15, -0.1) is 0 Å². The zero-order chi connectivity index (χ0) is 65.8. The minimum absolute atomic E-state index is 0.0554. The maximum Gasteiger partial charge on any atom is 0.472 e. The molecule has 0 aromatic carbocycles. The van der Waals surface area contributed by atoms with Crippen LogP contribution in [0.2, 0.25) is 0 Å². The van der Waals surface area contributed by atoms with Crippen LogP contribution in [0.25, 0.3) is 0 Å².